The lowest BCUT2D eigenvalue weighted by atomic mass is 10.3. The summed E-state index contributed by atoms with van der Waals surface area (Å²) in [6.45, 7) is 7.69. The van der Waals surface area contributed by atoms with E-state index in [0.29, 0.717) is 6.04 Å². The second-order valence-corrected chi connectivity index (χ2v) is 1.61. The first kappa shape index (κ1) is 8.17. The van der Waals surface area contributed by atoms with Crippen LogP contribution in [0.3, 0.4) is 0 Å². The first-order valence-corrected chi connectivity index (χ1v) is 2.73. The van der Waals surface area contributed by atoms with Crippen LogP contribution >= 0.6 is 0 Å². The highest BCUT2D eigenvalue weighted by Crippen LogP contribution is 1.97. The second-order valence-electron chi connectivity index (χ2n) is 1.61. The quantitative estimate of drug-likeness (QED) is 0.528. The third-order valence-corrected chi connectivity index (χ3v) is 0.992. The van der Waals surface area contributed by atoms with Crippen molar-refractivity contribution in [2.45, 2.75) is 6.04 Å². The van der Waals surface area contributed by atoms with Gasteiger partial charge in [0.15, 0.2) is 0 Å². The van der Waals surface area contributed by atoms with Crippen LogP contribution < -0.4 is 5.32 Å². The molecule has 0 spiro atoms. The molecular formula is C6H12N2O. The molecule has 3 nitrogen and oxygen atoms in total. The fourth-order valence-electron chi connectivity index (χ4n) is 0.499. The zero-order valence-corrected chi connectivity index (χ0v) is 5.39. The fraction of sp³-hybridized carbons (Fsp3) is 0.500. The normalized spacial score (nSPS) is 16.4. The molecule has 1 saturated heterocycles. The Morgan fingerprint density at radius 3 is 2.22 bits per heavy atom. The van der Waals surface area contributed by atoms with Crippen molar-refractivity contribution in [3.05, 3.63) is 12.8 Å². The molecule has 0 aromatic carbocycles. The summed E-state index contributed by atoms with van der Waals surface area (Å²) < 4.78 is 4.88. The van der Waals surface area contributed by atoms with E-state index in [2.05, 4.69) is 18.6 Å². The zero-order chi connectivity index (χ0) is 7.11. The molecule has 52 valence electrons. The fourth-order valence-corrected chi connectivity index (χ4v) is 0.499. The molecule has 9 heavy (non-hydrogen) atoms. The largest absolute Gasteiger partial charge is 0.384 e. The monoisotopic (exact) mass is 128 g/mol. The van der Waals surface area contributed by atoms with Gasteiger partial charge < -0.3 is 15.5 Å². The van der Waals surface area contributed by atoms with Gasteiger partial charge in [0.25, 0.3) is 0 Å². The number of ether oxygens (including phenoxy) is 1. The van der Waals surface area contributed by atoms with Gasteiger partial charge in [0.05, 0.1) is 19.3 Å². The van der Waals surface area contributed by atoms with Crippen molar-refractivity contribution in [3.63, 3.8) is 0 Å². The van der Waals surface area contributed by atoms with E-state index in [9.17, 15) is 0 Å². The van der Waals surface area contributed by atoms with E-state index in [1.165, 1.54) is 0 Å². The summed E-state index contributed by atoms with van der Waals surface area (Å²) in [6.07, 6.45) is 1.70. The van der Waals surface area contributed by atoms with Gasteiger partial charge in [-0.25, -0.2) is 0 Å². The van der Waals surface area contributed by atoms with Crippen molar-refractivity contribution in [1.82, 2.24) is 5.32 Å². The van der Waals surface area contributed by atoms with Crippen LogP contribution in [0.5, 0.6) is 0 Å². The van der Waals surface area contributed by atoms with Gasteiger partial charge >= 0.3 is 0 Å². The summed E-state index contributed by atoms with van der Waals surface area (Å²) in [7, 11) is 0. The van der Waals surface area contributed by atoms with E-state index in [1.807, 2.05) is 0 Å². The van der Waals surface area contributed by atoms with E-state index in [4.69, 9.17) is 10.1 Å². The smallest absolute Gasteiger partial charge is 0.0723 e. The maximum absolute atomic E-state index is 5.50. The third-order valence-electron chi connectivity index (χ3n) is 0.992. The van der Waals surface area contributed by atoms with Crippen LogP contribution in [0.2, 0.25) is 0 Å². The first-order valence-electron chi connectivity index (χ1n) is 2.73. The summed E-state index contributed by atoms with van der Waals surface area (Å²) in [5.74, 6) is 0. The zero-order valence-electron chi connectivity index (χ0n) is 5.39. The van der Waals surface area contributed by atoms with Crippen molar-refractivity contribution >= 4 is 6.72 Å². The molecule has 1 rings (SSSR count). The molecule has 0 aromatic heterocycles. The van der Waals surface area contributed by atoms with Gasteiger partial charge in [-0.15, -0.1) is 0 Å². The Labute approximate surface area is 55.2 Å². The molecule has 0 unspecified atom stereocenters. The van der Waals surface area contributed by atoms with Crippen molar-refractivity contribution in [1.29, 1.82) is 5.41 Å². The molecule has 0 bridgehead atoms. The van der Waals surface area contributed by atoms with Crippen LogP contribution in [-0.2, 0) is 4.74 Å². The summed E-state index contributed by atoms with van der Waals surface area (Å²) in [4.78, 5) is 0. The summed E-state index contributed by atoms with van der Waals surface area (Å²) in [5.41, 5.74) is 0. The minimum absolute atomic E-state index is 0.539. The van der Waals surface area contributed by atoms with Crippen LogP contribution in [0.1, 0.15) is 0 Å². The number of hydrogen-bond acceptors (Lipinski definition) is 3. The Hall–Kier alpha value is -0.830. The minimum Gasteiger partial charge on any atom is -0.384 e. The molecule has 0 amide bonds. The maximum Gasteiger partial charge on any atom is 0.0723 e. The molecule has 2 N–H and O–H groups in total. The Morgan fingerprint density at radius 2 is 2.11 bits per heavy atom. The molecule has 1 aliphatic rings. The van der Waals surface area contributed by atoms with Crippen molar-refractivity contribution in [2.24, 2.45) is 0 Å². The lowest BCUT2D eigenvalue weighted by Gasteiger charge is -2.25. The van der Waals surface area contributed by atoms with Crippen LogP contribution in [-0.4, -0.2) is 26.0 Å². The Bertz CT molecular complexity index is 81.1. The Kier molecular flexibility index (Phi) is 4.82. The third kappa shape index (κ3) is 2.87. The van der Waals surface area contributed by atoms with E-state index in [1.54, 1.807) is 6.20 Å². The number of nitrogens with one attached hydrogen (secondary N) is 2. The molecule has 0 aliphatic carbocycles. The van der Waals surface area contributed by atoms with Crippen molar-refractivity contribution in [3.8, 4) is 0 Å². The Morgan fingerprint density at radius 1 is 1.56 bits per heavy atom. The molecule has 1 heterocycles. The molecule has 1 aliphatic heterocycles. The van der Waals surface area contributed by atoms with Gasteiger partial charge in [-0.3, -0.25) is 0 Å². The van der Waals surface area contributed by atoms with E-state index >= 15 is 0 Å². The average Bonchev–Trinajstić information content (AvgIpc) is 1.84. The molecule has 1 fully saturated rings. The minimum atomic E-state index is 0.539. The van der Waals surface area contributed by atoms with E-state index < -0.39 is 0 Å². The van der Waals surface area contributed by atoms with Gasteiger partial charge in [0.2, 0.25) is 0 Å². The highest BCUT2D eigenvalue weighted by atomic mass is 16.5. The SMILES string of the molecule is C=CNC1COC1.C=N. The molecule has 0 aromatic rings. The Balaban J connectivity index is 0.000000291. The van der Waals surface area contributed by atoms with Crippen molar-refractivity contribution in [2.75, 3.05) is 13.2 Å². The molecule has 0 atom stereocenters. The molecular weight excluding hydrogens is 116 g/mol. The maximum atomic E-state index is 5.50. The highest BCUT2D eigenvalue weighted by Gasteiger charge is 2.14. The van der Waals surface area contributed by atoms with Crippen LogP contribution in [0, 0.1) is 5.41 Å². The first-order chi connectivity index (χ1) is 4.43. The predicted octanol–water partition coefficient (Wildman–Crippen LogP) is 0.384. The summed E-state index contributed by atoms with van der Waals surface area (Å²) in [6, 6.07) is 0.539. The average molecular weight is 128 g/mol. The van der Waals surface area contributed by atoms with Crippen LogP contribution in [0.25, 0.3) is 0 Å². The van der Waals surface area contributed by atoms with E-state index in [-0.39, 0.29) is 0 Å². The highest BCUT2D eigenvalue weighted by molar-refractivity contribution is 5.15. The van der Waals surface area contributed by atoms with Gasteiger partial charge in [-0.2, -0.15) is 0 Å². The van der Waals surface area contributed by atoms with Crippen molar-refractivity contribution < 1.29 is 4.74 Å². The van der Waals surface area contributed by atoms with Crippen LogP contribution in [0.4, 0.5) is 0 Å². The number of rotatable bonds is 2. The predicted molar refractivity (Wildman–Crippen MR) is 37.8 cm³/mol. The van der Waals surface area contributed by atoms with Gasteiger partial charge in [0, 0.05) is 0 Å². The van der Waals surface area contributed by atoms with Gasteiger partial charge in [0.1, 0.15) is 0 Å². The second kappa shape index (κ2) is 5.31. The summed E-state index contributed by atoms with van der Waals surface area (Å²) >= 11 is 0. The summed E-state index contributed by atoms with van der Waals surface area (Å²) in [5, 5.41) is 8.52. The molecule has 0 radical (unpaired) electrons. The standard InChI is InChI=1S/C5H9NO.CH3N/c1-2-6-5-3-7-4-5;1-2/h2,5-6H,1,3-4H2;2H,1H2. The van der Waals surface area contributed by atoms with Gasteiger partial charge in [-0.05, 0) is 12.9 Å². The molecule has 3 heteroatoms. The lowest BCUT2D eigenvalue weighted by molar-refractivity contribution is 0.000813. The topological polar surface area (TPSA) is 45.1 Å². The van der Waals surface area contributed by atoms with E-state index in [0.717, 1.165) is 13.2 Å². The lowest BCUT2D eigenvalue weighted by Crippen LogP contribution is -2.43. The molecule has 0 saturated carbocycles. The van der Waals surface area contributed by atoms with Crippen LogP contribution in [0.15, 0.2) is 12.8 Å². The van der Waals surface area contributed by atoms with Gasteiger partial charge in [-0.1, -0.05) is 6.58 Å². The number of hydrogen-bond donors (Lipinski definition) is 2.